The fourth-order valence-electron chi connectivity index (χ4n) is 1.94. The predicted molar refractivity (Wildman–Crippen MR) is 64.4 cm³/mol. The molecule has 0 amide bonds. The Balaban J connectivity index is 2.11. The summed E-state index contributed by atoms with van der Waals surface area (Å²) in [6, 6.07) is 5.11. The monoisotopic (exact) mass is 270 g/mol. The average Bonchev–Trinajstić information content (AvgIpc) is 2.36. The van der Waals surface area contributed by atoms with Crippen molar-refractivity contribution in [3.05, 3.63) is 36.2 Å². The molecule has 6 heteroatoms. The summed E-state index contributed by atoms with van der Waals surface area (Å²) in [5.74, 6) is 0. The van der Waals surface area contributed by atoms with Gasteiger partial charge in [0.15, 0.2) is 0 Å². The molecule has 2 aromatic rings. The fourth-order valence-corrected chi connectivity index (χ4v) is 1.94. The molecule has 0 aliphatic rings. The molecule has 1 unspecified atom stereocenters. The largest absolute Gasteiger partial charge is 0.389 e. The molecule has 19 heavy (non-hydrogen) atoms. The third-order valence-electron chi connectivity index (χ3n) is 2.83. The number of alkyl halides is 3. The Bertz CT molecular complexity index is 552. The van der Waals surface area contributed by atoms with E-state index in [1.807, 2.05) is 0 Å². The van der Waals surface area contributed by atoms with Crippen molar-refractivity contribution in [1.29, 1.82) is 0 Å². The zero-order chi connectivity index (χ0) is 13.9. The van der Waals surface area contributed by atoms with E-state index in [0.29, 0.717) is 16.6 Å². The normalized spacial score (nSPS) is 13.7. The van der Waals surface area contributed by atoms with Gasteiger partial charge in [0.05, 0.1) is 17.1 Å². The van der Waals surface area contributed by atoms with E-state index in [1.165, 1.54) is 12.4 Å². The first-order valence-corrected chi connectivity index (χ1v) is 5.92. The number of rotatable bonds is 4. The van der Waals surface area contributed by atoms with Crippen LogP contribution in [0.25, 0.3) is 11.0 Å². The molecule has 0 spiro atoms. The van der Waals surface area contributed by atoms with Crippen molar-refractivity contribution in [2.24, 2.45) is 0 Å². The van der Waals surface area contributed by atoms with Crippen LogP contribution in [0.15, 0.2) is 30.6 Å². The molecule has 102 valence electrons. The highest BCUT2D eigenvalue weighted by Gasteiger charge is 2.26. The molecule has 0 bridgehead atoms. The van der Waals surface area contributed by atoms with Crippen LogP contribution in [0.5, 0.6) is 0 Å². The van der Waals surface area contributed by atoms with E-state index in [0.717, 1.165) is 0 Å². The van der Waals surface area contributed by atoms with Crippen molar-refractivity contribution in [3.8, 4) is 0 Å². The fraction of sp³-hybridized carbons (Fsp3) is 0.385. The highest BCUT2D eigenvalue weighted by atomic mass is 19.4. The van der Waals surface area contributed by atoms with Gasteiger partial charge in [0.1, 0.15) is 0 Å². The zero-order valence-corrected chi connectivity index (χ0v) is 10.1. The number of aliphatic hydroxyl groups is 1. The molecule has 0 saturated carbocycles. The Morgan fingerprint density at radius 2 is 1.89 bits per heavy atom. The summed E-state index contributed by atoms with van der Waals surface area (Å²) in [5, 5.41) is 9.98. The Labute approximate surface area is 108 Å². The summed E-state index contributed by atoms with van der Waals surface area (Å²) >= 11 is 0. The molecule has 2 rings (SSSR count). The number of aromatic nitrogens is 2. The summed E-state index contributed by atoms with van der Waals surface area (Å²) in [4.78, 5) is 8.20. The minimum atomic E-state index is -4.18. The first kappa shape index (κ1) is 13.7. The van der Waals surface area contributed by atoms with Crippen molar-refractivity contribution in [3.63, 3.8) is 0 Å². The zero-order valence-electron chi connectivity index (χ0n) is 10.1. The van der Waals surface area contributed by atoms with Gasteiger partial charge in [-0.1, -0.05) is 12.1 Å². The third-order valence-corrected chi connectivity index (χ3v) is 2.83. The van der Waals surface area contributed by atoms with Crippen LogP contribution in [0.1, 0.15) is 30.9 Å². The van der Waals surface area contributed by atoms with E-state index < -0.39 is 18.7 Å². The van der Waals surface area contributed by atoms with E-state index in [-0.39, 0.29) is 12.8 Å². The van der Waals surface area contributed by atoms with E-state index in [4.69, 9.17) is 0 Å². The second kappa shape index (κ2) is 5.52. The van der Waals surface area contributed by atoms with Gasteiger partial charge in [-0.3, -0.25) is 9.97 Å². The summed E-state index contributed by atoms with van der Waals surface area (Å²) in [6.45, 7) is 0. The standard InChI is InChI=1S/C13H13F3N2O/c14-13(15,16)6-2-5-11(19)9-3-1-4-10-12(9)18-8-7-17-10/h1,3-4,7-8,11,19H,2,5-6H2. The van der Waals surface area contributed by atoms with Crippen LogP contribution in [0.2, 0.25) is 0 Å². The lowest BCUT2D eigenvalue weighted by Gasteiger charge is -2.13. The molecule has 0 aliphatic heterocycles. The molecular weight excluding hydrogens is 257 g/mol. The highest BCUT2D eigenvalue weighted by molar-refractivity contribution is 5.77. The molecule has 0 saturated heterocycles. The third kappa shape index (κ3) is 3.64. The van der Waals surface area contributed by atoms with Crippen molar-refractivity contribution >= 4 is 11.0 Å². The predicted octanol–water partition coefficient (Wildman–Crippen LogP) is 3.40. The van der Waals surface area contributed by atoms with Crippen LogP contribution >= 0.6 is 0 Å². The Kier molecular flexibility index (Phi) is 3.99. The molecule has 1 atom stereocenters. The average molecular weight is 270 g/mol. The van der Waals surface area contributed by atoms with Crippen LogP contribution in [-0.4, -0.2) is 21.3 Å². The number of hydrogen-bond donors (Lipinski definition) is 1. The van der Waals surface area contributed by atoms with Crippen LogP contribution < -0.4 is 0 Å². The van der Waals surface area contributed by atoms with Gasteiger partial charge >= 0.3 is 6.18 Å². The van der Waals surface area contributed by atoms with Crippen LogP contribution in [-0.2, 0) is 0 Å². The molecule has 0 aliphatic carbocycles. The maximum Gasteiger partial charge on any atom is 0.389 e. The minimum Gasteiger partial charge on any atom is -0.388 e. The maximum atomic E-state index is 12.1. The quantitative estimate of drug-likeness (QED) is 0.926. The number of para-hydroxylation sites is 1. The van der Waals surface area contributed by atoms with E-state index in [1.54, 1.807) is 18.2 Å². The van der Waals surface area contributed by atoms with Crippen molar-refractivity contribution in [2.45, 2.75) is 31.5 Å². The second-order valence-electron chi connectivity index (χ2n) is 4.29. The van der Waals surface area contributed by atoms with Crippen molar-refractivity contribution in [1.82, 2.24) is 9.97 Å². The Morgan fingerprint density at radius 1 is 1.16 bits per heavy atom. The maximum absolute atomic E-state index is 12.1. The molecule has 3 nitrogen and oxygen atoms in total. The smallest absolute Gasteiger partial charge is 0.388 e. The summed E-state index contributed by atoms with van der Waals surface area (Å²) in [5.41, 5.74) is 1.67. The van der Waals surface area contributed by atoms with E-state index in [9.17, 15) is 18.3 Å². The summed E-state index contributed by atoms with van der Waals surface area (Å²) in [7, 11) is 0. The number of fused-ring (bicyclic) bond motifs is 1. The molecule has 0 fully saturated rings. The van der Waals surface area contributed by atoms with Gasteiger partial charge in [-0.15, -0.1) is 0 Å². The summed E-state index contributed by atoms with van der Waals surface area (Å²) in [6.07, 6.45) is -3.06. The second-order valence-corrected chi connectivity index (χ2v) is 4.29. The minimum absolute atomic E-state index is 0.0508. The van der Waals surface area contributed by atoms with E-state index in [2.05, 4.69) is 9.97 Å². The van der Waals surface area contributed by atoms with Crippen LogP contribution in [0.3, 0.4) is 0 Å². The number of halogens is 3. The summed E-state index contributed by atoms with van der Waals surface area (Å²) < 4.78 is 36.2. The lowest BCUT2D eigenvalue weighted by Crippen LogP contribution is -2.08. The van der Waals surface area contributed by atoms with Gasteiger partial charge < -0.3 is 5.11 Å². The number of aliphatic hydroxyl groups excluding tert-OH is 1. The molecular formula is C13H13F3N2O. The van der Waals surface area contributed by atoms with Gasteiger partial charge in [-0.2, -0.15) is 13.2 Å². The Hall–Kier alpha value is -1.69. The van der Waals surface area contributed by atoms with Crippen molar-refractivity contribution in [2.75, 3.05) is 0 Å². The first-order chi connectivity index (χ1) is 8.97. The topological polar surface area (TPSA) is 46.0 Å². The van der Waals surface area contributed by atoms with Crippen LogP contribution in [0.4, 0.5) is 13.2 Å². The number of nitrogens with zero attached hydrogens (tertiary/aromatic N) is 2. The van der Waals surface area contributed by atoms with Gasteiger partial charge in [-0.25, -0.2) is 0 Å². The molecule has 1 aromatic heterocycles. The number of hydrogen-bond acceptors (Lipinski definition) is 3. The van der Waals surface area contributed by atoms with Gasteiger partial charge in [0.25, 0.3) is 0 Å². The molecule has 1 heterocycles. The lowest BCUT2D eigenvalue weighted by atomic mass is 10.0. The Morgan fingerprint density at radius 3 is 2.63 bits per heavy atom. The van der Waals surface area contributed by atoms with Gasteiger partial charge in [0.2, 0.25) is 0 Å². The van der Waals surface area contributed by atoms with Crippen molar-refractivity contribution < 1.29 is 18.3 Å². The molecule has 1 aromatic carbocycles. The van der Waals surface area contributed by atoms with Gasteiger partial charge in [-0.05, 0) is 18.9 Å². The number of benzene rings is 1. The highest BCUT2D eigenvalue weighted by Crippen LogP contribution is 2.28. The molecule has 0 radical (unpaired) electrons. The lowest BCUT2D eigenvalue weighted by molar-refractivity contribution is -0.136. The van der Waals surface area contributed by atoms with Crippen LogP contribution in [0, 0.1) is 0 Å². The first-order valence-electron chi connectivity index (χ1n) is 5.92. The van der Waals surface area contributed by atoms with E-state index >= 15 is 0 Å². The SMILES string of the molecule is OC(CCCC(F)(F)F)c1cccc2nccnc12. The van der Waals surface area contributed by atoms with Gasteiger partial charge in [0, 0.05) is 24.4 Å². The molecule has 1 N–H and O–H groups in total.